The normalized spacial score (nSPS) is 13.0. The van der Waals surface area contributed by atoms with E-state index in [9.17, 15) is 14.4 Å². The van der Waals surface area contributed by atoms with E-state index in [0.717, 1.165) is 11.1 Å². The van der Waals surface area contributed by atoms with Gasteiger partial charge in [0.05, 0.1) is 13.2 Å². The van der Waals surface area contributed by atoms with Crippen LogP contribution in [0.1, 0.15) is 36.8 Å². The molecule has 8 heteroatoms. The standard InChI is InChI=1S/C25H30N2O6/c1-17(14-24(29)30)15-27-23(28)10-12-32-13-11-26-25(31)33-16-22-20-8-4-2-6-18(20)19-7-3-5-9-21(19)22/h2-9,17,22H,10-16H2,1H3,(H,26,31)(H,27,28)(H,29,30). The number of alkyl carbamates (subject to hydrolysis) is 1. The van der Waals surface area contributed by atoms with E-state index in [0.29, 0.717) is 6.54 Å². The molecule has 3 rings (SSSR count). The highest BCUT2D eigenvalue weighted by Gasteiger charge is 2.28. The first-order valence-electron chi connectivity index (χ1n) is 11.1. The number of nitrogens with one attached hydrogen (secondary N) is 2. The molecule has 1 unspecified atom stereocenters. The maximum Gasteiger partial charge on any atom is 0.407 e. The molecule has 0 bridgehead atoms. The van der Waals surface area contributed by atoms with Crippen molar-refractivity contribution in [2.45, 2.75) is 25.7 Å². The third-order valence-electron chi connectivity index (χ3n) is 5.50. The summed E-state index contributed by atoms with van der Waals surface area (Å²) in [5.74, 6) is -1.20. The Morgan fingerprint density at radius 1 is 0.970 bits per heavy atom. The van der Waals surface area contributed by atoms with Gasteiger partial charge in [-0.15, -0.1) is 0 Å². The highest BCUT2D eigenvalue weighted by molar-refractivity contribution is 5.79. The Bertz CT molecular complexity index is 931. The quantitative estimate of drug-likeness (QED) is 0.425. The molecule has 0 spiro atoms. The van der Waals surface area contributed by atoms with Gasteiger partial charge in [0.1, 0.15) is 6.61 Å². The summed E-state index contributed by atoms with van der Waals surface area (Å²) in [6, 6.07) is 16.3. The monoisotopic (exact) mass is 454 g/mol. The first kappa shape index (κ1) is 24.3. The van der Waals surface area contributed by atoms with E-state index in [1.165, 1.54) is 11.1 Å². The number of hydrogen-bond donors (Lipinski definition) is 3. The van der Waals surface area contributed by atoms with Gasteiger partial charge >= 0.3 is 12.1 Å². The molecule has 0 fully saturated rings. The average Bonchev–Trinajstić information content (AvgIpc) is 3.12. The van der Waals surface area contributed by atoms with Gasteiger partial charge in [0.2, 0.25) is 5.91 Å². The second-order valence-corrected chi connectivity index (χ2v) is 8.12. The molecule has 0 saturated carbocycles. The van der Waals surface area contributed by atoms with E-state index in [2.05, 4.69) is 34.9 Å². The van der Waals surface area contributed by atoms with Crippen molar-refractivity contribution >= 4 is 18.0 Å². The predicted molar refractivity (Wildman–Crippen MR) is 123 cm³/mol. The molecule has 0 aromatic heterocycles. The smallest absolute Gasteiger partial charge is 0.407 e. The first-order valence-corrected chi connectivity index (χ1v) is 11.1. The molecule has 0 saturated heterocycles. The lowest BCUT2D eigenvalue weighted by Crippen LogP contribution is -2.31. The SMILES string of the molecule is CC(CNC(=O)CCOCCNC(=O)OCC1c2ccccc2-c2ccccc21)CC(=O)O. The van der Waals surface area contributed by atoms with E-state index in [1.807, 2.05) is 24.3 Å². The topological polar surface area (TPSA) is 114 Å². The Hall–Kier alpha value is -3.39. The first-order chi connectivity index (χ1) is 16.0. The van der Waals surface area contributed by atoms with Crippen molar-refractivity contribution < 1.29 is 29.0 Å². The number of carbonyl (C=O) groups excluding carboxylic acids is 2. The van der Waals surface area contributed by atoms with Crippen LogP contribution < -0.4 is 10.6 Å². The zero-order valence-electron chi connectivity index (χ0n) is 18.7. The minimum atomic E-state index is -0.885. The highest BCUT2D eigenvalue weighted by Crippen LogP contribution is 2.44. The number of carbonyl (C=O) groups is 3. The van der Waals surface area contributed by atoms with Gasteiger partial charge in [-0.05, 0) is 28.2 Å². The van der Waals surface area contributed by atoms with Crippen LogP contribution in [-0.4, -0.2) is 56.0 Å². The Labute approximate surface area is 193 Å². The third kappa shape index (κ3) is 7.05. The molecular weight excluding hydrogens is 424 g/mol. The number of ether oxygens (including phenoxy) is 2. The largest absolute Gasteiger partial charge is 0.481 e. The molecule has 1 aliphatic carbocycles. The van der Waals surface area contributed by atoms with E-state index in [1.54, 1.807) is 6.92 Å². The van der Waals surface area contributed by atoms with Crippen LogP contribution in [-0.2, 0) is 19.1 Å². The fourth-order valence-electron chi connectivity index (χ4n) is 3.89. The predicted octanol–water partition coefficient (Wildman–Crippen LogP) is 3.16. The van der Waals surface area contributed by atoms with Crippen molar-refractivity contribution in [3.8, 4) is 11.1 Å². The molecule has 0 radical (unpaired) electrons. The average molecular weight is 455 g/mol. The van der Waals surface area contributed by atoms with Gasteiger partial charge in [0.15, 0.2) is 0 Å². The molecule has 0 heterocycles. The van der Waals surface area contributed by atoms with E-state index >= 15 is 0 Å². The van der Waals surface area contributed by atoms with Crippen LogP contribution >= 0.6 is 0 Å². The van der Waals surface area contributed by atoms with Gasteiger partial charge < -0.3 is 25.2 Å². The van der Waals surface area contributed by atoms with Crippen LogP contribution in [0.3, 0.4) is 0 Å². The lowest BCUT2D eigenvalue weighted by Gasteiger charge is -2.14. The number of carboxylic acids is 1. The van der Waals surface area contributed by atoms with E-state index in [4.69, 9.17) is 14.6 Å². The third-order valence-corrected chi connectivity index (χ3v) is 5.50. The summed E-state index contributed by atoms with van der Waals surface area (Å²) in [6.45, 7) is 3.07. The Morgan fingerprint density at radius 2 is 1.61 bits per heavy atom. The van der Waals surface area contributed by atoms with E-state index in [-0.39, 0.29) is 57.0 Å². The van der Waals surface area contributed by atoms with Gasteiger partial charge in [-0.2, -0.15) is 0 Å². The molecule has 2 aromatic rings. The van der Waals surface area contributed by atoms with Crippen molar-refractivity contribution in [1.29, 1.82) is 0 Å². The summed E-state index contributed by atoms with van der Waals surface area (Å²) in [4.78, 5) is 34.4. The van der Waals surface area contributed by atoms with Crippen molar-refractivity contribution in [1.82, 2.24) is 10.6 Å². The number of amides is 2. The molecule has 33 heavy (non-hydrogen) atoms. The van der Waals surface area contributed by atoms with Crippen LogP contribution in [0.15, 0.2) is 48.5 Å². The summed E-state index contributed by atoms with van der Waals surface area (Å²) < 4.78 is 10.8. The van der Waals surface area contributed by atoms with Crippen LogP contribution in [0.5, 0.6) is 0 Å². The number of hydrogen-bond acceptors (Lipinski definition) is 5. The molecule has 1 atom stereocenters. The summed E-state index contributed by atoms with van der Waals surface area (Å²) in [5.41, 5.74) is 4.67. The summed E-state index contributed by atoms with van der Waals surface area (Å²) >= 11 is 0. The molecule has 3 N–H and O–H groups in total. The van der Waals surface area contributed by atoms with Gasteiger partial charge in [-0.25, -0.2) is 4.79 Å². The minimum Gasteiger partial charge on any atom is -0.481 e. The van der Waals surface area contributed by atoms with E-state index < -0.39 is 12.1 Å². The molecule has 0 aliphatic heterocycles. The summed E-state index contributed by atoms with van der Waals surface area (Å²) in [5, 5.41) is 14.0. The number of benzene rings is 2. The van der Waals surface area contributed by atoms with Crippen LogP contribution in [0.25, 0.3) is 11.1 Å². The lowest BCUT2D eigenvalue weighted by atomic mass is 9.98. The van der Waals surface area contributed by atoms with Gasteiger partial charge in [-0.3, -0.25) is 9.59 Å². The number of fused-ring (bicyclic) bond motifs is 3. The van der Waals surface area contributed by atoms with Crippen molar-refractivity contribution in [3.05, 3.63) is 59.7 Å². The lowest BCUT2D eigenvalue weighted by molar-refractivity contribution is -0.138. The fourth-order valence-corrected chi connectivity index (χ4v) is 3.89. The molecule has 1 aliphatic rings. The highest BCUT2D eigenvalue weighted by atomic mass is 16.5. The second kappa shape index (κ2) is 12.0. The second-order valence-electron chi connectivity index (χ2n) is 8.12. The van der Waals surface area contributed by atoms with Crippen molar-refractivity contribution in [2.24, 2.45) is 5.92 Å². The fraction of sp³-hybridized carbons (Fsp3) is 0.400. The number of carboxylic acid groups (broad SMARTS) is 1. The van der Waals surface area contributed by atoms with Gasteiger partial charge in [0.25, 0.3) is 0 Å². The zero-order chi connectivity index (χ0) is 23.6. The Balaban J connectivity index is 1.30. The zero-order valence-corrected chi connectivity index (χ0v) is 18.7. The van der Waals surface area contributed by atoms with Gasteiger partial charge in [0, 0.05) is 31.8 Å². The van der Waals surface area contributed by atoms with Crippen molar-refractivity contribution in [3.63, 3.8) is 0 Å². The maximum atomic E-state index is 12.1. The number of rotatable bonds is 12. The molecule has 8 nitrogen and oxygen atoms in total. The van der Waals surface area contributed by atoms with Gasteiger partial charge in [-0.1, -0.05) is 55.5 Å². The molecule has 2 amide bonds. The summed E-state index contributed by atoms with van der Waals surface area (Å²) in [6.07, 6.45) is -0.325. The summed E-state index contributed by atoms with van der Waals surface area (Å²) in [7, 11) is 0. The molecule has 2 aromatic carbocycles. The Morgan fingerprint density at radius 3 is 2.24 bits per heavy atom. The maximum absolute atomic E-state index is 12.1. The van der Waals surface area contributed by atoms with Crippen LogP contribution in [0.4, 0.5) is 4.79 Å². The minimum absolute atomic E-state index is 0.0103. The van der Waals surface area contributed by atoms with Crippen LogP contribution in [0, 0.1) is 5.92 Å². The number of aliphatic carboxylic acids is 1. The molecular formula is C25H30N2O6. The van der Waals surface area contributed by atoms with Crippen LogP contribution in [0.2, 0.25) is 0 Å². The Kier molecular flexibility index (Phi) is 8.83. The van der Waals surface area contributed by atoms with Crippen molar-refractivity contribution in [2.75, 3.05) is 32.9 Å². The molecule has 176 valence electrons.